The van der Waals surface area contributed by atoms with Gasteiger partial charge in [-0.3, -0.25) is 24.1 Å². The number of para-hydroxylation sites is 1. The minimum atomic E-state index is -1.38. The predicted octanol–water partition coefficient (Wildman–Crippen LogP) is 7.07. The van der Waals surface area contributed by atoms with Gasteiger partial charge in [0.2, 0.25) is 11.8 Å². The molecule has 1 heterocycles. The number of Topliss-reactive ketones (excluding diaryl/α,β-unsaturated/α-hetero) is 1. The first-order chi connectivity index (χ1) is 22.8. The quantitative estimate of drug-likeness (QED) is 0.190. The molecule has 4 aliphatic rings. The Morgan fingerprint density at radius 1 is 0.745 bits per heavy atom. The molecule has 8 rings (SSSR count). The van der Waals surface area contributed by atoms with Crippen molar-refractivity contribution in [2.45, 2.75) is 24.2 Å². The molecule has 4 aromatic carbocycles. The highest BCUT2D eigenvalue weighted by Gasteiger charge is 2.66. The van der Waals surface area contributed by atoms with Crippen molar-refractivity contribution in [1.82, 2.24) is 0 Å². The molecule has 6 atom stereocenters. The highest BCUT2D eigenvalue weighted by Crippen LogP contribution is 2.64. The molecule has 0 bridgehead atoms. The zero-order valence-electron chi connectivity index (χ0n) is 25.3. The van der Waals surface area contributed by atoms with Crippen molar-refractivity contribution < 1.29 is 24.3 Å². The van der Waals surface area contributed by atoms with E-state index in [1.54, 1.807) is 42.5 Å². The number of hydrogen-bond acceptors (Lipinski definition) is 5. The van der Waals surface area contributed by atoms with Gasteiger partial charge in [0.15, 0.2) is 11.6 Å². The molecule has 1 N–H and O–H groups in total. The SMILES string of the molecule is O=C1C(c2ccccc2)=CC(=O)C2(c3ccccc3)C1CC1C(=CCC3C(=O)N(c4ccc(Cl)cc4)C(=O)C31)C2c1ccccc1O. The summed E-state index contributed by atoms with van der Waals surface area (Å²) in [4.78, 5) is 59.4. The van der Waals surface area contributed by atoms with Gasteiger partial charge >= 0.3 is 0 Å². The first-order valence-corrected chi connectivity index (χ1v) is 16.2. The molecule has 7 heteroatoms. The summed E-state index contributed by atoms with van der Waals surface area (Å²) < 4.78 is 0. The minimum absolute atomic E-state index is 0.00456. The van der Waals surface area contributed by atoms with Crippen LogP contribution in [0.4, 0.5) is 5.69 Å². The number of phenols is 1. The lowest BCUT2D eigenvalue weighted by Gasteiger charge is -2.55. The molecular weight excluding hydrogens is 610 g/mol. The number of imide groups is 1. The zero-order chi connectivity index (χ0) is 32.4. The van der Waals surface area contributed by atoms with E-state index in [0.717, 1.165) is 5.57 Å². The monoisotopic (exact) mass is 639 g/mol. The highest BCUT2D eigenvalue weighted by atomic mass is 35.5. The third-order valence-electron chi connectivity index (χ3n) is 10.7. The number of rotatable bonds is 4. The summed E-state index contributed by atoms with van der Waals surface area (Å²) in [6.45, 7) is 0. The van der Waals surface area contributed by atoms with Crippen LogP contribution >= 0.6 is 11.6 Å². The van der Waals surface area contributed by atoms with Crippen molar-refractivity contribution in [3.63, 3.8) is 0 Å². The lowest BCUT2D eigenvalue weighted by Crippen LogP contribution is -2.58. The van der Waals surface area contributed by atoms with Crippen molar-refractivity contribution in [1.29, 1.82) is 0 Å². The second kappa shape index (κ2) is 11.0. The number of carbonyl (C=O) groups excluding carboxylic acids is 4. The van der Waals surface area contributed by atoms with Gasteiger partial charge in [-0.15, -0.1) is 0 Å². The van der Waals surface area contributed by atoms with Gasteiger partial charge in [-0.05, 0) is 66.3 Å². The maximum atomic E-state index is 15.0. The number of halogens is 1. The summed E-state index contributed by atoms with van der Waals surface area (Å²) in [5, 5.41) is 11.9. The molecule has 3 aliphatic carbocycles. The Balaban J connectivity index is 1.36. The van der Waals surface area contributed by atoms with Gasteiger partial charge in [-0.1, -0.05) is 102 Å². The molecule has 1 aliphatic heterocycles. The topological polar surface area (TPSA) is 91.8 Å². The van der Waals surface area contributed by atoms with E-state index in [1.165, 1.54) is 11.0 Å². The molecule has 4 aromatic rings. The van der Waals surface area contributed by atoms with Crippen LogP contribution in [0.15, 0.2) is 127 Å². The number of hydrogen-bond donors (Lipinski definition) is 1. The second-order valence-electron chi connectivity index (χ2n) is 12.8. The molecule has 1 saturated heterocycles. The summed E-state index contributed by atoms with van der Waals surface area (Å²) in [6.07, 6.45) is 3.98. The molecule has 47 heavy (non-hydrogen) atoms. The van der Waals surface area contributed by atoms with Crippen LogP contribution in [0.25, 0.3) is 5.57 Å². The van der Waals surface area contributed by atoms with Crippen LogP contribution < -0.4 is 4.90 Å². The van der Waals surface area contributed by atoms with Gasteiger partial charge in [0.25, 0.3) is 0 Å². The average molecular weight is 640 g/mol. The van der Waals surface area contributed by atoms with Crippen LogP contribution in [0, 0.1) is 23.7 Å². The largest absolute Gasteiger partial charge is 0.508 e. The molecular formula is C40H30ClNO5. The Hall–Kier alpha value is -5.07. The van der Waals surface area contributed by atoms with E-state index < -0.39 is 35.0 Å². The number of ketones is 2. The van der Waals surface area contributed by atoms with Crippen LogP contribution in [-0.4, -0.2) is 28.5 Å². The molecule has 0 radical (unpaired) electrons. The fourth-order valence-electron chi connectivity index (χ4n) is 8.80. The number of benzene rings is 4. The van der Waals surface area contributed by atoms with Gasteiger partial charge < -0.3 is 5.11 Å². The minimum Gasteiger partial charge on any atom is -0.508 e. The Kier molecular flexibility index (Phi) is 6.88. The van der Waals surface area contributed by atoms with E-state index in [0.29, 0.717) is 39.4 Å². The third kappa shape index (κ3) is 4.24. The Morgan fingerprint density at radius 2 is 1.40 bits per heavy atom. The Morgan fingerprint density at radius 3 is 2.11 bits per heavy atom. The number of fused-ring (bicyclic) bond motifs is 4. The van der Waals surface area contributed by atoms with Crippen LogP contribution in [0.5, 0.6) is 5.75 Å². The van der Waals surface area contributed by atoms with Crippen LogP contribution in [0.1, 0.15) is 35.4 Å². The second-order valence-corrected chi connectivity index (χ2v) is 13.3. The number of amides is 2. The maximum Gasteiger partial charge on any atom is 0.238 e. The van der Waals surface area contributed by atoms with Gasteiger partial charge in [0, 0.05) is 28.0 Å². The lowest BCUT2D eigenvalue weighted by molar-refractivity contribution is -0.135. The average Bonchev–Trinajstić information content (AvgIpc) is 3.36. The number of aromatic hydroxyl groups is 1. The Bertz CT molecular complexity index is 2020. The summed E-state index contributed by atoms with van der Waals surface area (Å²) in [6, 6.07) is 32.1. The first kappa shape index (κ1) is 29.3. The van der Waals surface area contributed by atoms with Gasteiger partial charge in [-0.25, -0.2) is 0 Å². The van der Waals surface area contributed by atoms with Gasteiger partial charge in [0.05, 0.1) is 22.9 Å². The normalized spacial score (nSPS) is 28.3. The lowest BCUT2D eigenvalue weighted by atomic mass is 9.44. The van der Waals surface area contributed by atoms with Crippen LogP contribution in [-0.2, 0) is 24.6 Å². The summed E-state index contributed by atoms with van der Waals surface area (Å²) >= 11 is 6.12. The maximum absolute atomic E-state index is 15.0. The first-order valence-electron chi connectivity index (χ1n) is 15.8. The molecule has 2 amide bonds. The van der Waals surface area contributed by atoms with Crippen LogP contribution in [0.3, 0.4) is 0 Å². The molecule has 232 valence electrons. The molecule has 6 unspecified atom stereocenters. The van der Waals surface area contributed by atoms with Crippen molar-refractivity contribution in [2.24, 2.45) is 23.7 Å². The fourth-order valence-corrected chi connectivity index (χ4v) is 8.92. The van der Waals surface area contributed by atoms with Crippen molar-refractivity contribution in [3.05, 3.63) is 149 Å². The highest BCUT2D eigenvalue weighted by molar-refractivity contribution is 6.32. The Labute approximate surface area is 277 Å². The fraction of sp³-hybridized carbons (Fsp3) is 0.200. The van der Waals surface area contributed by atoms with E-state index in [9.17, 15) is 24.3 Å². The van der Waals surface area contributed by atoms with Crippen molar-refractivity contribution >= 4 is 46.2 Å². The standard InChI is InChI=1S/C40H30ClNO5/c41-25-15-17-26(18-16-25)42-38(46)29-20-19-27-31(35(29)39(42)47)21-32-37(45)30(23-9-3-1-4-10-23)22-34(44)40(32,24-11-5-2-6-12-24)36(27)28-13-7-8-14-33(28)43/h1-19,22,29,31-32,35-36,43H,20-21H2. The van der Waals surface area contributed by atoms with E-state index >= 15 is 0 Å². The molecule has 0 spiro atoms. The van der Waals surface area contributed by atoms with Gasteiger partial charge in [0.1, 0.15) is 5.75 Å². The zero-order valence-corrected chi connectivity index (χ0v) is 26.0. The van der Waals surface area contributed by atoms with E-state index in [4.69, 9.17) is 11.6 Å². The number of anilines is 1. The molecule has 1 saturated carbocycles. The third-order valence-corrected chi connectivity index (χ3v) is 11.0. The van der Waals surface area contributed by atoms with E-state index in [1.807, 2.05) is 72.8 Å². The van der Waals surface area contributed by atoms with Crippen LogP contribution in [0.2, 0.25) is 5.02 Å². The number of nitrogens with zero attached hydrogens (tertiary/aromatic N) is 1. The van der Waals surface area contributed by atoms with Crippen molar-refractivity contribution in [3.8, 4) is 5.75 Å². The summed E-state index contributed by atoms with van der Waals surface area (Å²) in [7, 11) is 0. The summed E-state index contributed by atoms with van der Waals surface area (Å²) in [5.74, 6) is -4.49. The van der Waals surface area contributed by atoms with Gasteiger partial charge in [-0.2, -0.15) is 0 Å². The smallest absolute Gasteiger partial charge is 0.238 e. The molecule has 6 nitrogen and oxygen atoms in total. The van der Waals surface area contributed by atoms with Crippen molar-refractivity contribution in [2.75, 3.05) is 4.90 Å². The van der Waals surface area contributed by atoms with E-state index in [-0.39, 0.29) is 35.6 Å². The number of phenolic OH excluding ortho intramolecular Hbond substituents is 1. The molecule has 2 fully saturated rings. The molecule has 0 aromatic heterocycles. The van der Waals surface area contributed by atoms with E-state index in [2.05, 4.69) is 0 Å². The predicted molar refractivity (Wildman–Crippen MR) is 179 cm³/mol. The number of carbonyl (C=O) groups is 4. The number of allylic oxidation sites excluding steroid dienone is 4. The summed E-state index contributed by atoms with van der Waals surface area (Å²) in [5.41, 5.74) is 2.05.